The highest BCUT2D eigenvalue weighted by atomic mass is 79.9. The van der Waals surface area contributed by atoms with Gasteiger partial charge in [0.15, 0.2) is 0 Å². The van der Waals surface area contributed by atoms with Crippen molar-refractivity contribution in [1.29, 1.82) is 0 Å². The van der Waals surface area contributed by atoms with Gasteiger partial charge in [-0.1, -0.05) is 0 Å². The topological polar surface area (TPSA) is 73.9 Å². The molecule has 0 aliphatic rings. The number of hydrogen-bond donors (Lipinski definition) is 1. The van der Waals surface area contributed by atoms with Gasteiger partial charge in [0.05, 0.1) is 26.3 Å². The molecule has 0 radical (unpaired) electrons. The molecule has 0 unspecified atom stereocenters. The number of nitrogens with one attached hydrogen (secondary N) is 1. The molecule has 1 amide bonds. The summed E-state index contributed by atoms with van der Waals surface area (Å²) in [6.07, 6.45) is 0. The molecular formula is C20H16Br2FNO5S. The van der Waals surface area contributed by atoms with Crippen molar-refractivity contribution in [1.82, 2.24) is 5.32 Å². The van der Waals surface area contributed by atoms with Gasteiger partial charge in [0.25, 0.3) is 5.91 Å². The first kappa shape index (κ1) is 22.5. The van der Waals surface area contributed by atoms with Crippen molar-refractivity contribution < 1.29 is 28.2 Å². The van der Waals surface area contributed by atoms with E-state index >= 15 is 0 Å². The molecule has 0 spiro atoms. The van der Waals surface area contributed by atoms with E-state index < -0.39 is 17.7 Å². The van der Waals surface area contributed by atoms with Crippen LogP contribution in [0, 0.1) is 5.82 Å². The van der Waals surface area contributed by atoms with Crippen LogP contribution in [0.15, 0.2) is 39.3 Å². The molecule has 1 aromatic heterocycles. The van der Waals surface area contributed by atoms with Crippen LogP contribution in [0.25, 0.3) is 10.1 Å². The van der Waals surface area contributed by atoms with Crippen molar-refractivity contribution in [2.24, 2.45) is 0 Å². The number of benzene rings is 2. The van der Waals surface area contributed by atoms with E-state index in [0.717, 1.165) is 20.6 Å². The number of hydrogen-bond acceptors (Lipinski definition) is 6. The van der Waals surface area contributed by atoms with Gasteiger partial charge in [0, 0.05) is 25.1 Å². The average molecular weight is 561 g/mol. The van der Waals surface area contributed by atoms with Crippen molar-refractivity contribution in [3.05, 3.63) is 55.5 Å². The van der Waals surface area contributed by atoms with Crippen LogP contribution >= 0.6 is 43.2 Å². The van der Waals surface area contributed by atoms with Crippen molar-refractivity contribution in [2.75, 3.05) is 27.4 Å². The standard InChI is InChI=1S/C20H16Br2FNO5S/c1-27-10-5-14(22)18(15(23)7-10)19(25)24-3-4-29-11-6-13(21)12-9-17(20(26)28-2)30-16(12)8-11/h5-9H,3-4H2,1-2H3,(H,24,25). The maximum Gasteiger partial charge on any atom is 0.348 e. The number of thiophene rings is 1. The largest absolute Gasteiger partial charge is 0.497 e. The Morgan fingerprint density at radius 2 is 1.80 bits per heavy atom. The molecule has 0 aliphatic heterocycles. The second-order valence-corrected chi connectivity index (χ2v) is 8.78. The minimum atomic E-state index is -0.687. The van der Waals surface area contributed by atoms with E-state index in [-0.39, 0.29) is 18.7 Å². The summed E-state index contributed by atoms with van der Waals surface area (Å²) in [5, 5.41) is 3.50. The molecule has 2 aromatic carbocycles. The Hall–Kier alpha value is -2.17. The fourth-order valence-corrected chi connectivity index (χ4v) is 4.98. The second kappa shape index (κ2) is 9.76. The molecule has 1 N–H and O–H groups in total. The minimum absolute atomic E-state index is 0.103. The number of carbonyl (C=O) groups is 2. The fraction of sp³-hybridized carbons (Fsp3) is 0.200. The number of esters is 1. The van der Waals surface area contributed by atoms with Crippen LogP contribution in [-0.2, 0) is 4.74 Å². The minimum Gasteiger partial charge on any atom is -0.497 e. The number of amides is 1. The maximum absolute atomic E-state index is 14.2. The molecule has 0 saturated heterocycles. The molecule has 0 atom stereocenters. The molecule has 0 saturated carbocycles. The highest BCUT2D eigenvalue weighted by Gasteiger charge is 2.17. The third kappa shape index (κ3) is 4.93. The summed E-state index contributed by atoms with van der Waals surface area (Å²) >= 11 is 7.95. The summed E-state index contributed by atoms with van der Waals surface area (Å²) in [6.45, 7) is 0.346. The highest BCUT2D eigenvalue weighted by molar-refractivity contribution is 9.11. The predicted octanol–water partition coefficient (Wildman–Crippen LogP) is 5.17. The summed E-state index contributed by atoms with van der Waals surface area (Å²) in [5.41, 5.74) is -0.103. The van der Waals surface area contributed by atoms with Gasteiger partial charge in [-0.25, -0.2) is 9.18 Å². The first-order chi connectivity index (χ1) is 14.3. The molecule has 0 aliphatic carbocycles. The first-order valence-corrected chi connectivity index (χ1v) is 11.0. The predicted molar refractivity (Wildman–Crippen MR) is 119 cm³/mol. The quantitative estimate of drug-likeness (QED) is 0.319. The van der Waals surface area contributed by atoms with Crippen molar-refractivity contribution in [3.63, 3.8) is 0 Å². The zero-order valence-electron chi connectivity index (χ0n) is 15.9. The second-order valence-electron chi connectivity index (χ2n) is 5.99. The molecule has 3 aromatic rings. The van der Waals surface area contributed by atoms with Crippen molar-refractivity contribution in [3.8, 4) is 11.5 Å². The number of rotatable bonds is 7. The lowest BCUT2D eigenvalue weighted by molar-refractivity contribution is 0.0606. The van der Waals surface area contributed by atoms with Gasteiger partial charge in [0.1, 0.15) is 28.8 Å². The van der Waals surface area contributed by atoms with E-state index in [1.165, 1.54) is 31.6 Å². The number of fused-ring (bicyclic) bond motifs is 1. The number of ether oxygens (including phenoxy) is 3. The van der Waals surface area contributed by atoms with Gasteiger partial charge < -0.3 is 19.5 Å². The van der Waals surface area contributed by atoms with Crippen LogP contribution in [0.4, 0.5) is 4.39 Å². The van der Waals surface area contributed by atoms with Crippen LogP contribution < -0.4 is 14.8 Å². The summed E-state index contributed by atoms with van der Waals surface area (Å²) in [5.74, 6) is -0.774. The number of carbonyl (C=O) groups excluding carboxylic acids is 2. The van der Waals surface area contributed by atoms with Crippen molar-refractivity contribution >= 4 is 65.2 Å². The van der Waals surface area contributed by atoms with Gasteiger partial charge in [0.2, 0.25) is 0 Å². The van der Waals surface area contributed by atoms with E-state index in [4.69, 9.17) is 14.2 Å². The molecule has 0 fully saturated rings. The summed E-state index contributed by atoms with van der Waals surface area (Å²) in [6, 6.07) is 8.00. The maximum atomic E-state index is 14.2. The SMILES string of the molecule is COC(=O)c1cc2c(Br)cc(OCCNC(=O)c3c(F)cc(OC)cc3Br)cc2s1. The third-order valence-corrected chi connectivity index (χ3v) is 6.43. The third-order valence-electron chi connectivity index (χ3n) is 4.08. The Kier molecular flexibility index (Phi) is 7.32. The summed E-state index contributed by atoms with van der Waals surface area (Å²) < 4.78 is 31.5. The van der Waals surface area contributed by atoms with Crippen molar-refractivity contribution in [2.45, 2.75) is 0 Å². The van der Waals surface area contributed by atoms with E-state index in [9.17, 15) is 14.0 Å². The summed E-state index contributed by atoms with van der Waals surface area (Å²) in [7, 11) is 2.75. The highest BCUT2D eigenvalue weighted by Crippen LogP contribution is 2.35. The van der Waals surface area contributed by atoms with Gasteiger partial charge in [-0.15, -0.1) is 11.3 Å². The molecule has 10 heteroatoms. The van der Waals surface area contributed by atoms with E-state index in [1.54, 1.807) is 18.2 Å². The van der Waals surface area contributed by atoms with Gasteiger partial charge in [-0.2, -0.15) is 0 Å². The van der Waals surface area contributed by atoms with E-state index in [0.29, 0.717) is 20.8 Å². The Balaban J connectivity index is 1.62. The number of halogens is 3. The summed E-state index contributed by atoms with van der Waals surface area (Å²) in [4.78, 5) is 24.5. The first-order valence-electron chi connectivity index (χ1n) is 8.59. The van der Waals surface area contributed by atoms with Crippen LogP contribution in [0.2, 0.25) is 0 Å². The molecule has 6 nitrogen and oxygen atoms in total. The lowest BCUT2D eigenvalue weighted by atomic mass is 10.2. The molecule has 158 valence electrons. The van der Waals surface area contributed by atoms with Crippen LogP contribution in [-0.4, -0.2) is 39.2 Å². The number of methoxy groups -OCH3 is 2. The lowest BCUT2D eigenvalue weighted by Crippen LogP contribution is -2.29. The monoisotopic (exact) mass is 559 g/mol. The van der Waals surface area contributed by atoms with Crippen LogP contribution in [0.3, 0.4) is 0 Å². The zero-order valence-corrected chi connectivity index (χ0v) is 19.9. The van der Waals surface area contributed by atoms with Gasteiger partial charge in [-0.3, -0.25) is 4.79 Å². The van der Waals surface area contributed by atoms with Gasteiger partial charge in [-0.05, 0) is 56.1 Å². The Bertz CT molecular complexity index is 1100. The Labute approximate surface area is 192 Å². The normalized spacial score (nSPS) is 10.7. The van der Waals surface area contributed by atoms with E-state index in [1.807, 2.05) is 0 Å². The smallest absolute Gasteiger partial charge is 0.348 e. The van der Waals surface area contributed by atoms with Crippen LogP contribution in [0.1, 0.15) is 20.0 Å². The lowest BCUT2D eigenvalue weighted by Gasteiger charge is -2.11. The molecule has 0 bridgehead atoms. The molecule has 1 heterocycles. The molecular weight excluding hydrogens is 545 g/mol. The zero-order chi connectivity index (χ0) is 21.8. The Morgan fingerprint density at radius 1 is 1.07 bits per heavy atom. The fourth-order valence-electron chi connectivity index (χ4n) is 2.66. The molecule has 30 heavy (non-hydrogen) atoms. The molecule has 3 rings (SSSR count). The van der Waals surface area contributed by atoms with E-state index in [2.05, 4.69) is 37.2 Å². The van der Waals surface area contributed by atoms with Gasteiger partial charge >= 0.3 is 5.97 Å². The average Bonchev–Trinajstić information content (AvgIpc) is 3.15. The van der Waals surface area contributed by atoms with Crippen LogP contribution in [0.5, 0.6) is 11.5 Å². The Morgan fingerprint density at radius 3 is 2.47 bits per heavy atom.